The summed E-state index contributed by atoms with van der Waals surface area (Å²) in [6, 6.07) is 0. The Morgan fingerprint density at radius 1 is 1.22 bits per heavy atom. The number of rotatable bonds is 4. The summed E-state index contributed by atoms with van der Waals surface area (Å²) in [5.41, 5.74) is 0. The van der Waals surface area contributed by atoms with Crippen LogP contribution in [0.1, 0.15) is 25.7 Å². The predicted molar refractivity (Wildman–Crippen MR) is 72.8 cm³/mol. The third kappa shape index (κ3) is 3.93. The standard InChI is InChI=1S/C13H22BrNO3/c14-7-10-3-1-2-4-11(10)8-15-13(16)12-9-17-5-6-18-12/h10-12H,1-9H2,(H,15,16). The summed E-state index contributed by atoms with van der Waals surface area (Å²) in [6.07, 6.45) is 4.69. The van der Waals surface area contributed by atoms with Crippen LogP contribution in [0.25, 0.3) is 0 Å². The van der Waals surface area contributed by atoms with Gasteiger partial charge in [0.2, 0.25) is 0 Å². The van der Waals surface area contributed by atoms with Crippen LogP contribution in [0, 0.1) is 11.8 Å². The lowest BCUT2D eigenvalue weighted by Crippen LogP contribution is -2.45. The molecule has 3 atom stereocenters. The van der Waals surface area contributed by atoms with Crippen molar-refractivity contribution < 1.29 is 14.3 Å². The molecule has 18 heavy (non-hydrogen) atoms. The van der Waals surface area contributed by atoms with E-state index in [-0.39, 0.29) is 5.91 Å². The number of nitrogens with one attached hydrogen (secondary N) is 1. The number of hydrogen-bond acceptors (Lipinski definition) is 3. The van der Waals surface area contributed by atoms with Gasteiger partial charge in [0.15, 0.2) is 6.10 Å². The number of amides is 1. The monoisotopic (exact) mass is 319 g/mol. The molecule has 104 valence electrons. The number of carbonyl (C=O) groups is 1. The smallest absolute Gasteiger partial charge is 0.251 e. The van der Waals surface area contributed by atoms with Gasteiger partial charge in [0.05, 0.1) is 19.8 Å². The summed E-state index contributed by atoms with van der Waals surface area (Å²) in [4.78, 5) is 11.9. The molecule has 0 aromatic rings. The van der Waals surface area contributed by atoms with Crippen LogP contribution in [0.15, 0.2) is 0 Å². The maximum Gasteiger partial charge on any atom is 0.251 e. The van der Waals surface area contributed by atoms with Crippen LogP contribution < -0.4 is 5.32 Å². The molecule has 5 heteroatoms. The number of carbonyl (C=O) groups excluding carboxylic acids is 1. The quantitative estimate of drug-likeness (QED) is 0.803. The molecule has 2 fully saturated rings. The Balaban J connectivity index is 1.73. The SMILES string of the molecule is O=C(NCC1CCCCC1CBr)C1COCCO1. The van der Waals surface area contributed by atoms with Crippen molar-refractivity contribution in [2.75, 3.05) is 31.7 Å². The molecular weight excluding hydrogens is 298 g/mol. The predicted octanol–water partition coefficient (Wildman–Crippen LogP) is 1.72. The van der Waals surface area contributed by atoms with Crippen molar-refractivity contribution in [1.82, 2.24) is 5.32 Å². The Bertz CT molecular complexity index is 269. The molecule has 4 nitrogen and oxygen atoms in total. The Kier molecular flexibility index (Phi) is 5.92. The van der Waals surface area contributed by atoms with Crippen LogP contribution in [0.2, 0.25) is 0 Å². The van der Waals surface area contributed by atoms with Gasteiger partial charge in [-0.25, -0.2) is 0 Å². The van der Waals surface area contributed by atoms with E-state index < -0.39 is 6.10 Å². The minimum atomic E-state index is -0.412. The zero-order chi connectivity index (χ0) is 12.8. The molecule has 1 saturated heterocycles. The van der Waals surface area contributed by atoms with Crippen molar-refractivity contribution in [3.05, 3.63) is 0 Å². The van der Waals surface area contributed by atoms with Crippen LogP contribution in [0.3, 0.4) is 0 Å². The van der Waals surface area contributed by atoms with Gasteiger partial charge in [-0.05, 0) is 24.7 Å². The van der Waals surface area contributed by atoms with Gasteiger partial charge in [0.1, 0.15) is 0 Å². The first-order valence-electron chi connectivity index (χ1n) is 6.84. The second-order valence-electron chi connectivity index (χ2n) is 5.14. The molecule has 0 bridgehead atoms. The van der Waals surface area contributed by atoms with E-state index >= 15 is 0 Å². The van der Waals surface area contributed by atoms with Crippen molar-refractivity contribution in [2.45, 2.75) is 31.8 Å². The minimum absolute atomic E-state index is 0.0198. The summed E-state index contributed by atoms with van der Waals surface area (Å²) < 4.78 is 10.6. The molecule has 0 aromatic carbocycles. The largest absolute Gasteiger partial charge is 0.376 e. The Hall–Kier alpha value is -0.130. The van der Waals surface area contributed by atoms with Gasteiger partial charge in [-0.3, -0.25) is 4.79 Å². The van der Waals surface area contributed by atoms with Gasteiger partial charge < -0.3 is 14.8 Å². The van der Waals surface area contributed by atoms with Gasteiger partial charge >= 0.3 is 0 Å². The Morgan fingerprint density at radius 2 is 2.00 bits per heavy atom. The summed E-state index contributed by atoms with van der Waals surface area (Å²) in [6.45, 7) is 2.27. The lowest BCUT2D eigenvalue weighted by Gasteiger charge is -2.31. The number of ether oxygens (including phenoxy) is 2. The van der Waals surface area contributed by atoms with Crippen molar-refractivity contribution in [1.29, 1.82) is 0 Å². The Labute approximate surface area is 117 Å². The first-order valence-corrected chi connectivity index (χ1v) is 7.96. The zero-order valence-electron chi connectivity index (χ0n) is 10.7. The fraction of sp³-hybridized carbons (Fsp3) is 0.923. The van der Waals surface area contributed by atoms with Crippen molar-refractivity contribution in [2.24, 2.45) is 11.8 Å². The van der Waals surface area contributed by atoms with E-state index in [1.165, 1.54) is 25.7 Å². The van der Waals surface area contributed by atoms with Crippen LogP contribution in [0.5, 0.6) is 0 Å². The molecular formula is C13H22BrNO3. The molecule has 0 aromatic heterocycles. The summed E-state index contributed by atoms with van der Waals surface area (Å²) in [5, 5.41) is 4.06. The highest BCUT2D eigenvalue weighted by Gasteiger charge is 2.27. The van der Waals surface area contributed by atoms with Crippen molar-refractivity contribution in [3.63, 3.8) is 0 Å². The van der Waals surface area contributed by atoms with E-state index in [9.17, 15) is 4.79 Å². The zero-order valence-corrected chi connectivity index (χ0v) is 12.3. The maximum absolute atomic E-state index is 11.9. The molecule has 1 N–H and O–H groups in total. The summed E-state index contributed by atoms with van der Waals surface area (Å²) in [5.74, 6) is 1.28. The fourth-order valence-corrected chi connectivity index (χ4v) is 3.59. The second-order valence-corrected chi connectivity index (χ2v) is 5.79. The van der Waals surface area contributed by atoms with E-state index in [1.54, 1.807) is 0 Å². The first kappa shape index (κ1) is 14.3. The first-order chi connectivity index (χ1) is 8.81. The van der Waals surface area contributed by atoms with E-state index in [0.717, 1.165) is 11.9 Å². The second kappa shape index (κ2) is 7.46. The van der Waals surface area contributed by atoms with Gasteiger partial charge in [0.25, 0.3) is 5.91 Å². The molecule has 2 rings (SSSR count). The van der Waals surface area contributed by atoms with E-state index in [2.05, 4.69) is 21.2 Å². The van der Waals surface area contributed by atoms with Crippen LogP contribution in [0.4, 0.5) is 0 Å². The maximum atomic E-state index is 11.9. The number of halogens is 1. The van der Waals surface area contributed by atoms with Crippen LogP contribution in [-0.2, 0) is 14.3 Å². The van der Waals surface area contributed by atoms with Gasteiger partial charge in [0, 0.05) is 11.9 Å². The summed E-state index contributed by atoms with van der Waals surface area (Å²) >= 11 is 3.58. The number of alkyl halides is 1. The minimum Gasteiger partial charge on any atom is -0.376 e. The average molecular weight is 320 g/mol. The number of hydrogen-bond donors (Lipinski definition) is 1. The van der Waals surface area contributed by atoms with E-state index in [4.69, 9.17) is 9.47 Å². The lowest BCUT2D eigenvalue weighted by molar-refractivity contribution is -0.147. The molecule has 1 amide bonds. The topological polar surface area (TPSA) is 47.6 Å². The Morgan fingerprint density at radius 3 is 2.67 bits per heavy atom. The van der Waals surface area contributed by atoms with Crippen molar-refractivity contribution >= 4 is 21.8 Å². The molecule has 1 heterocycles. The highest BCUT2D eigenvalue weighted by Crippen LogP contribution is 2.30. The highest BCUT2D eigenvalue weighted by atomic mass is 79.9. The molecule has 0 radical (unpaired) electrons. The molecule has 1 aliphatic heterocycles. The van der Waals surface area contributed by atoms with Crippen LogP contribution in [-0.4, -0.2) is 43.7 Å². The van der Waals surface area contributed by atoms with E-state index in [1.807, 2.05) is 0 Å². The summed E-state index contributed by atoms with van der Waals surface area (Å²) in [7, 11) is 0. The third-order valence-electron chi connectivity index (χ3n) is 3.91. The molecule has 2 aliphatic rings. The molecule has 1 aliphatic carbocycles. The average Bonchev–Trinajstić information content (AvgIpc) is 2.46. The molecule has 3 unspecified atom stereocenters. The van der Waals surface area contributed by atoms with Gasteiger partial charge in [-0.1, -0.05) is 28.8 Å². The normalized spacial score (nSPS) is 33.1. The third-order valence-corrected chi connectivity index (χ3v) is 4.74. The van der Waals surface area contributed by atoms with Gasteiger partial charge in [-0.2, -0.15) is 0 Å². The lowest BCUT2D eigenvalue weighted by atomic mass is 9.80. The van der Waals surface area contributed by atoms with Crippen molar-refractivity contribution in [3.8, 4) is 0 Å². The molecule has 1 saturated carbocycles. The molecule has 0 spiro atoms. The highest BCUT2D eigenvalue weighted by molar-refractivity contribution is 9.09. The fourth-order valence-electron chi connectivity index (χ4n) is 2.74. The van der Waals surface area contributed by atoms with Gasteiger partial charge in [-0.15, -0.1) is 0 Å². The van der Waals surface area contributed by atoms with E-state index in [0.29, 0.717) is 31.7 Å². The van der Waals surface area contributed by atoms with Crippen LogP contribution >= 0.6 is 15.9 Å².